The molecule has 0 spiro atoms. The normalized spacial score (nSPS) is 14.3. The lowest BCUT2D eigenvalue weighted by molar-refractivity contribution is 0.313. The van der Waals surface area contributed by atoms with Crippen LogP contribution in [0.15, 0.2) is 47.5 Å². The van der Waals surface area contributed by atoms with Crippen LogP contribution in [0.3, 0.4) is 0 Å². The zero-order valence-electron chi connectivity index (χ0n) is 22.0. The van der Waals surface area contributed by atoms with E-state index >= 15 is 0 Å². The monoisotopic (exact) mass is 499 g/mol. The van der Waals surface area contributed by atoms with Crippen molar-refractivity contribution in [3.05, 3.63) is 70.2 Å². The standard InChI is InChI=1S/C29H37N7O/c1-3-4-6-11-27-21(2)35(19-22-9-7-5-8-10-22)29(37)36(27)20-23-12-14-24(15-13-23)25-16-17-30-18-26(25)28-31-33-34-32-28/h12-18,22H,3-11,19-20H2,1-2H3,(H,31,32,33,34). The highest BCUT2D eigenvalue weighted by Gasteiger charge is 2.21. The highest BCUT2D eigenvalue weighted by atomic mass is 16.1. The molecule has 4 aromatic rings. The van der Waals surface area contributed by atoms with Gasteiger partial charge in [0.25, 0.3) is 0 Å². The molecule has 1 aromatic carbocycles. The summed E-state index contributed by atoms with van der Waals surface area (Å²) in [6, 6.07) is 10.4. The van der Waals surface area contributed by atoms with E-state index in [9.17, 15) is 4.79 Å². The minimum atomic E-state index is 0.146. The van der Waals surface area contributed by atoms with Crippen LogP contribution in [0.25, 0.3) is 22.5 Å². The quantitative estimate of drug-likeness (QED) is 0.288. The van der Waals surface area contributed by atoms with Crippen LogP contribution in [-0.2, 0) is 19.5 Å². The summed E-state index contributed by atoms with van der Waals surface area (Å²) in [4.78, 5) is 17.9. The van der Waals surface area contributed by atoms with Crippen LogP contribution < -0.4 is 5.69 Å². The fourth-order valence-electron chi connectivity index (χ4n) is 5.69. The number of nitrogens with zero attached hydrogens (tertiary/aromatic N) is 6. The Labute approximate surface area is 218 Å². The van der Waals surface area contributed by atoms with Crippen LogP contribution >= 0.6 is 0 Å². The first kappa shape index (κ1) is 25.1. The Morgan fingerprint density at radius 3 is 2.54 bits per heavy atom. The van der Waals surface area contributed by atoms with Gasteiger partial charge in [-0.05, 0) is 66.5 Å². The van der Waals surface area contributed by atoms with E-state index < -0.39 is 0 Å². The Balaban J connectivity index is 1.42. The summed E-state index contributed by atoms with van der Waals surface area (Å²) in [5.74, 6) is 1.14. The first-order valence-corrected chi connectivity index (χ1v) is 13.7. The Morgan fingerprint density at radius 2 is 1.81 bits per heavy atom. The Hall–Kier alpha value is -3.55. The molecule has 8 heteroatoms. The number of pyridine rings is 1. The number of hydrogen-bond acceptors (Lipinski definition) is 5. The number of unbranched alkanes of at least 4 members (excludes halogenated alkanes) is 2. The van der Waals surface area contributed by atoms with Crippen molar-refractivity contribution >= 4 is 0 Å². The minimum Gasteiger partial charge on any atom is -0.296 e. The lowest BCUT2D eigenvalue weighted by Crippen LogP contribution is -2.28. The van der Waals surface area contributed by atoms with E-state index in [1.165, 1.54) is 50.6 Å². The van der Waals surface area contributed by atoms with Gasteiger partial charge in [-0.1, -0.05) is 63.3 Å². The van der Waals surface area contributed by atoms with E-state index in [0.29, 0.717) is 18.3 Å². The Morgan fingerprint density at radius 1 is 1.00 bits per heavy atom. The Bertz CT molecular complexity index is 1350. The molecule has 1 aliphatic carbocycles. The van der Waals surface area contributed by atoms with Crippen LogP contribution in [0.2, 0.25) is 0 Å². The number of aromatic nitrogens is 7. The number of rotatable bonds is 10. The summed E-state index contributed by atoms with van der Waals surface area (Å²) in [6.07, 6.45) is 14.4. The van der Waals surface area contributed by atoms with Gasteiger partial charge in [-0.3, -0.25) is 14.1 Å². The van der Waals surface area contributed by atoms with E-state index in [0.717, 1.165) is 47.3 Å². The molecule has 1 fully saturated rings. The zero-order valence-corrected chi connectivity index (χ0v) is 22.0. The summed E-state index contributed by atoms with van der Waals surface area (Å²) in [5.41, 5.74) is 6.49. The van der Waals surface area contributed by atoms with Gasteiger partial charge in [-0.15, -0.1) is 10.2 Å². The van der Waals surface area contributed by atoms with Crippen molar-refractivity contribution in [2.75, 3.05) is 0 Å². The fourth-order valence-corrected chi connectivity index (χ4v) is 5.69. The van der Waals surface area contributed by atoms with Gasteiger partial charge >= 0.3 is 5.69 Å². The molecule has 0 saturated heterocycles. The van der Waals surface area contributed by atoms with Crippen molar-refractivity contribution in [1.82, 2.24) is 34.7 Å². The molecule has 0 aliphatic heterocycles. The van der Waals surface area contributed by atoms with Gasteiger partial charge < -0.3 is 0 Å². The van der Waals surface area contributed by atoms with Crippen molar-refractivity contribution in [2.45, 2.75) is 84.7 Å². The minimum absolute atomic E-state index is 0.146. The molecule has 3 aromatic heterocycles. The molecule has 0 amide bonds. The molecule has 8 nitrogen and oxygen atoms in total. The lowest BCUT2D eigenvalue weighted by Gasteiger charge is -2.22. The SMILES string of the molecule is CCCCCc1c(C)n(CC2CCCCC2)c(=O)n1Cc1ccc(-c2ccncc2-c2nn[nH]n2)cc1. The van der Waals surface area contributed by atoms with Gasteiger partial charge in [0.15, 0.2) is 0 Å². The predicted octanol–water partition coefficient (Wildman–Crippen LogP) is 5.56. The summed E-state index contributed by atoms with van der Waals surface area (Å²) in [7, 11) is 0. The third-order valence-electron chi connectivity index (χ3n) is 7.81. The molecule has 1 saturated carbocycles. The molecule has 1 N–H and O–H groups in total. The summed E-state index contributed by atoms with van der Waals surface area (Å²) in [5, 5.41) is 14.4. The second-order valence-corrected chi connectivity index (χ2v) is 10.3. The molecule has 0 atom stereocenters. The number of hydrogen-bond donors (Lipinski definition) is 1. The molecule has 0 bridgehead atoms. The van der Waals surface area contributed by atoms with Crippen molar-refractivity contribution in [3.8, 4) is 22.5 Å². The maximum Gasteiger partial charge on any atom is 0.328 e. The van der Waals surface area contributed by atoms with E-state index in [1.54, 1.807) is 12.4 Å². The van der Waals surface area contributed by atoms with E-state index in [2.05, 4.69) is 68.3 Å². The fraction of sp³-hybridized carbons (Fsp3) is 0.483. The largest absolute Gasteiger partial charge is 0.328 e. The number of imidazole rings is 1. The average molecular weight is 500 g/mol. The van der Waals surface area contributed by atoms with Crippen molar-refractivity contribution in [3.63, 3.8) is 0 Å². The third-order valence-corrected chi connectivity index (χ3v) is 7.81. The highest BCUT2D eigenvalue weighted by Crippen LogP contribution is 2.29. The van der Waals surface area contributed by atoms with Crippen molar-refractivity contribution in [2.24, 2.45) is 5.92 Å². The maximum atomic E-state index is 13.7. The first-order valence-electron chi connectivity index (χ1n) is 13.7. The van der Waals surface area contributed by atoms with Crippen LogP contribution in [0.1, 0.15) is 75.2 Å². The third kappa shape index (κ3) is 5.58. The van der Waals surface area contributed by atoms with Gasteiger partial charge in [0, 0.05) is 35.9 Å². The second-order valence-electron chi connectivity index (χ2n) is 10.3. The molecular weight excluding hydrogens is 462 g/mol. The first-order chi connectivity index (χ1) is 18.2. The van der Waals surface area contributed by atoms with Crippen LogP contribution in [0, 0.1) is 12.8 Å². The number of tetrazole rings is 1. The summed E-state index contributed by atoms with van der Waals surface area (Å²) in [6.45, 7) is 5.82. The van der Waals surface area contributed by atoms with Crippen molar-refractivity contribution < 1.29 is 0 Å². The summed E-state index contributed by atoms with van der Waals surface area (Å²) >= 11 is 0. The maximum absolute atomic E-state index is 13.7. The Kier molecular flexibility index (Phi) is 7.92. The van der Waals surface area contributed by atoms with Gasteiger partial charge in [0.2, 0.25) is 5.82 Å². The molecule has 5 rings (SSSR count). The number of aromatic amines is 1. The molecule has 1 aliphatic rings. The second kappa shape index (κ2) is 11.7. The molecular formula is C29H37N7O. The topological polar surface area (TPSA) is 94.3 Å². The van der Waals surface area contributed by atoms with Gasteiger partial charge in [-0.2, -0.15) is 5.21 Å². The van der Waals surface area contributed by atoms with Crippen LogP contribution in [-0.4, -0.2) is 34.7 Å². The smallest absolute Gasteiger partial charge is 0.296 e. The van der Waals surface area contributed by atoms with Gasteiger partial charge in [0.1, 0.15) is 0 Å². The number of benzene rings is 1. The van der Waals surface area contributed by atoms with Gasteiger partial charge in [-0.25, -0.2) is 4.79 Å². The molecule has 3 heterocycles. The number of H-pyrrole nitrogens is 1. The molecule has 0 unspecified atom stereocenters. The van der Waals surface area contributed by atoms with Gasteiger partial charge in [0.05, 0.1) is 6.54 Å². The molecule has 0 radical (unpaired) electrons. The predicted molar refractivity (Wildman–Crippen MR) is 145 cm³/mol. The zero-order chi connectivity index (χ0) is 25.6. The highest BCUT2D eigenvalue weighted by molar-refractivity contribution is 5.79. The van der Waals surface area contributed by atoms with E-state index in [4.69, 9.17) is 0 Å². The van der Waals surface area contributed by atoms with Crippen LogP contribution in [0.4, 0.5) is 0 Å². The van der Waals surface area contributed by atoms with E-state index in [-0.39, 0.29) is 5.69 Å². The van der Waals surface area contributed by atoms with Crippen LogP contribution in [0.5, 0.6) is 0 Å². The van der Waals surface area contributed by atoms with Crippen molar-refractivity contribution in [1.29, 1.82) is 0 Å². The molecule has 194 valence electrons. The average Bonchev–Trinajstić information content (AvgIpc) is 3.55. The lowest BCUT2D eigenvalue weighted by atomic mass is 9.89. The van der Waals surface area contributed by atoms with E-state index in [1.807, 2.05) is 10.6 Å². The molecule has 37 heavy (non-hydrogen) atoms. The number of nitrogens with one attached hydrogen (secondary N) is 1. The summed E-state index contributed by atoms with van der Waals surface area (Å²) < 4.78 is 4.10.